The Labute approximate surface area is 172 Å². The van der Waals surface area contributed by atoms with Gasteiger partial charge in [-0.15, -0.1) is 0 Å². The number of rotatable bonds is 7. The van der Waals surface area contributed by atoms with Gasteiger partial charge in [0.05, 0.1) is 16.6 Å². The molecule has 0 spiro atoms. The van der Waals surface area contributed by atoms with Gasteiger partial charge in [0.25, 0.3) is 15.9 Å². The molecule has 1 amide bonds. The summed E-state index contributed by atoms with van der Waals surface area (Å²) in [5, 5.41) is 2.93. The van der Waals surface area contributed by atoms with Crippen molar-refractivity contribution in [2.45, 2.75) is 24.8 Å². The minimum absolute atomic E-state index is 0.149. The van der Waals surface area contributed by atoms with Gasteiger partial charge in [-0.05, 0) is 55.8 Å². The second kappa shape index (κ2) is 8.92. The van der Waals surface area contributed by atoms with Crippen molar-refractivity contribution >= 4 is 21.6 Å². The molecule has 3 rings (SSSR count). The van der Waals surface area contributed by atoms with E-state index < -0.39 is 10.0 Å². The molecule has 1 unspecified atom stereocenters. The van der Waals surface area contributed by atoms with E-state index in [0.717, 1.165) is 5.56 Å². The maximum absolute atomic E-state index is 13.0. The highest BCUT2D eigenvalue weighted by Crippen LogP contribution is 2.23. The summed E-state index contributed by atoms with van der Waals surface area (Å²) in [6.45, 7) is 4.01. The largest absolute Gasteiger partial charge is 0.346 e. The zero-order valence-electron chi connectivity index (χ0n) is 16.4. The van der Waals surface area contributed by atoms with Crippen LogP contribution in [0.5, 0.6) is 0 Å². The van der Waals surface area contributed by atoms with E-state index in [1.165, 1.54) is 16.4 Å². The third-order valence-corrected chi connectivity index (χ3v) is 6.60. The van der Waals surface area contributed by atoms with E-state index in [2.05, 4.69) is 5.32 Å². The van der Waals surface area contributed by atoms with Crippen molar-refractivity contribution in [1.29, 1.82) is 0 Å². The summed E-state index contributed by atoms with van der Waals surface area (Å²) in [4.78, 5) is 12.7. The van der Waals surface area contributed by atoms with E-state index in [1.54, 1.807) is 43.3 Å². The van der Waals surface area contributed by atoms with Crippen molar-refractivity contribution in [3.63, 3.8) is 0 Å². The van der Waals surface area contributed by atoms with Crippen molar-refractivity contribution in [3.05, 3.63) is 96.1 Å². The van der Waals surface area contributed by atoms with Crippen LogP contribution in [0.3, 0.4) is 0 Å². The number of hydrogen-bond donors (Lipinski definition) is 1. The zero-order chi connectivity index (χ0) is 20.9. The van der Waals surface area contributed by atoms with Crippen molar-refractivity contribution < 1.29 is 13.2 Å². The molecule has 0 saturated heterocycles. The molecule has 0 bridgehead atoms. The molecule has 29 heavy (non-hydrogen) atoms. The van der Waals surface area contributed by atoms with Crippen LogP contribution < -0.4 is 9.62 Å². The second-order valence-electron chi connectivity index (χ2n) is 6.64. The van der Waals surface area contributed by atoms with E-state index in [4.69, 9.17) is 0 Å². The molecular weight excluding hydrogens is 384 g/mol. The normalized spacial score (nSPS) is 12.2. The van der Waals surface area contributed by atoms with E-state index >= 15 is 0 Å². The predicted octanol–water partition coefficient (Wildman–Crippen LogP) is 4.39. The van der Waals surface area contributed by atoms with E-state index in [1.807, 2.05) is 43.3 Å². The van der Waals surface area contributed by atoms with Crippen LogP contribution in [-0.2, 0) is 10.0 Å². The molecule has 1 atom stereocenters. The van der Waals surface area contributed by atoms with Gasteiger partial charge >= 0.3 is 0 Å². The molecule has 5 nitrogen and oxygen atoms in total. The SMILES string of the molecule is CCN(c1ccccc1)S(=O)(=O)c1ccc(C(=O)NC(C)c2ccccc2)cc1. The summed E-state index contributed by atoms with van der Waals surface area (Å²) in [6.07, 6.45) is 0. The Morgan fingerprint density at radius 3 is 2.00 bits per heavy atom. The number of para-hydroxylation sites is 1. The fourth-order valence-corrected chi connectivity index (χ4v) is 4.57. The van der Waals surface area contributed by atoms with Gasteiger partial charge in [0, 0.05) is 12.1 Å². The zero-order valence-corrected chi connectivity index (χ0v) is 17.3. The van der Waals surface area contributed by atoms with Crippen LogP contribution in [0.1, 0.15) is 35.8 Å². The molecule has 0 heterocycles. The molecule has 0 saturated carbocycles. The van der Waals surface area contributed by atoms with Crippen LogP contribution >= 0.6 is 0 Å². The lowest BCUT2D eigenvalue weighted by atomic mass is 10.1. The predicted molar refractivity (Wildman–Crippen MR) is 115 cm³/mol. The molecule has 0 aliphatic carbocycles. The van der Waals surface area contributed by atoms with Gasteiger partial charge in [-0.2, -0.15) is 0 Å². The molecule has 1 N–H and O–H groups in total. The Balaban J connectivity index is 1.77. The van der Waals surface area contributed by atoms with Crippen molar-refractivity contribution in [3.8, 4) is 0 Å². The maximum Gasteiger partial charge on any atom is 0.264 e. The molecule has 6 heteroatoms. The van der Waals surface area contributed by atoms with Crippen molar-refractivity contribution in [2.24, 2.45) is 0 Å². The van der Waals surface area contributed by atoms with Gasteiger partial charge in [-0.25, -0.2) is 8.42 Å². The van der Waals surface area contributed by atoms with Crippen LogP contribution in [0.15, 0.2) is 89.8 Å². The quantitative estimate of drug-likeness (QED) is 0.630. The highest BCUT2D eigenvalue weighted by Gasteiger charge is 2.23. The summed E-state index contributed by atoms with van der Waals surface area (Å²) in [5.74, 6) is -0.249. The van der Waals surface area contributed by atoms with Gasteiger partial charge in [0.1, 0.15) is 0 Å². The summed E-state index contributed by atoms with van der Waals surface area (Å²) < 4.78 is 27.4. The third-order valence-electron chi connectivity index (χ3n) is 4.68. The van der Waals surface area contributed by atoms with Crippen LogP contribution in [0.25, 0.3) is 0 Å². The van der Waals surface area contributed by atoms with Crippen molar-refractivity contribution in [1.82, 2.24) is 5.32 Å². The lowest BCUT2D eigenvalue weighted by molar-refractivity contribution is 0.0940. The number of hydrogen-bond acceptors (Lipinski definition) is 3. The fraction of sp³-hybridized carbons (Fsp3) is 0.174. The van der Waals surface area contributed by atoms with Gasteiger partial charge in [-0.3, -0.25) is 9.10 Å². The molecule has 0 aliphatic heterocycles. The summed E-state index contributed by atoms with van der Waals surface area (Å²) in [5.41, 5.74) is 2.02. The Bertz CT molecular complexity index is 1050. The molecule has 150 valence electrons. The number of amides is 1. The highest BCUT2D eigenvalue weighted by atomic mass is 32.2. The lowest BCUT2D eigenvalue weighted by Crippen LogP contribution is -2.31. The van der Waals surface area contributed by atoms with Crippen LogP contribution in [0.4, 0.5) is 5.69 Å². The van der Waals surface area contributed by atoms with Crippen LogP contribution in [-0.4, -0.2) is 20.9 Å². The number of nitrogens with zero attached hydrogens (tertiary/aromatic N) is 1. The second-order valence-corrected chi connectivity index (χ2v) is 8.50. The molecule has 0 radical (unpaired) electrons. The Morgan fingerprint density at radius 1 is 0.897 bits per heavy atom. The first-order valence-electron chi connectivity index (χ1n) is 9.47. The Morgan fingerprint density at radius 2 is 1.45 bits per heavy atom. The Hall–Kier alpha value is -3.12. The molecule has 0 fully saturated rings. The van der Waals surface area contributed by atoms with E-state index in [9.17, 15) is 13.2 Å². The van der Waals surface area contributed by atoms with Gasteiger partial charge in [0.15, 0.2) is 0 Å². The first-order chi connectivity index (χ1) is 13.9. The average molecular weight is 409 g/mol. The molecular formula is C23H24N2O3S. The average Bonchev–Trinajstić information content (AvgIpc) is 2.75. The number of sulfonamides is 1. The first-order valence-corrected chi connectivity index (χ1v) is 10.9. The monoisotopic (exact) mass is 408 g/mol. The molecule has 3 aromatic rings. The minimum atomic E-state index is -3.71. The first kappa shape index (κ1) is 20.6. The number of nitrogens with one attached hydrogen (secondary N) is 1. The van der Waals surface area contributed by atoms with Gasteiger partial charge in [-0.1, -0.05) is 48.5 Å². The fourth-order valence-electron chi connectivity index (χ4n) is 3.10. The molecule has 0 aliphatic rings. The molecule has 0 aromatic heterocycles. The number of benzene rings is 3. The van der Waals surface area contributed by atoms with E-state index in [-0.39, 0.29) is 16.8 Å². The Kier molecular flexibility index (Phi) is 6.34. The number of anilines is 1. The summed E-state index contributed by atoms with van der Waals surface area (Å²) >= 11 is 0. The smallest absolute Gasteiger partial charge is 0.264 e. The summed E-state index contributed by atoms with van der Waals surface area (Å²) in [7, 11) is -3.71. The maximum atomic E-state index is 13.0. The van der Waals surface area contributed by atoms with Crippen molar-refractivity contribution in [2.75, 3.05) is 10.8 Å². The number of carbonyl (C=O) groups is 1. The summed E-state index contributed by atoms with van der Waals surface area (Å²) in [6, 6.07) is 24.5. The van der Waals surface area contributed by atoms with Gasteiger partial charge in [0.2, 0.25) is 0 Å². The topological polar surface area (TPSA) is 66.5 Å². The standard InChI is InChI=1S/C23H24N2O3S/c1-3-25(21-12-8-5-9-13-21)29(27,28)22-16-14-20(15-17-22)23(26)24-18(2)19-10-6-4-7-11-19/h4-18H,3H2,1-2H3,(H,24,26). The third kappa shape index (κ3) is 4.66. The minimum Gasteiger partial charge on any atom is -0.346 e. The van der Waals surface area contributed by atoms with Gasteiger partial charge < -0.3 is 5.32 Å². The van der Waals surface area contributed by atoms with Crippen LogP contribution in [0.2, 0.25) is 0 Å². The van der Waals surface area contributed by atoms with E-state index in [0.29, 0.717) is 17.8 Å². The lowest BCUT2D eigenvalue weighted by Gasteiger charge is -2.23. The van der Waals surface area contributed by atoms with Crippen LogP contribution in [0, 0.1) is 0 Å². The molecule has 3 aromatic carbocycles. The highest BCUT2D eigenvalue weighted by molar-refractivity contribution is 7.92. The number of carbonyl (C=O) groups excluding carboxylic acids is 1.